The molecule has 26 heavy (non-hydrogen) atoms. The van der Waals surface area contributed by atoms with Crippen LogP contribution in [-0.2, 0) is 4.74 Å². The number of carbonyl (C=O) groups is 1. The highest BCUT2D eigenvalue weighted by molar-refractivity contribution is 5.98. The summed E-state index contributed by atoms with van der Waals surface area (Å²) in [7, 11) is 0. The quantitative estimate of drug-likeness (QED) is 0.913. The second-order valence-corrected chi connectivity index (χ2v) is 7.45. The Morgan fingerprint density at radius 3 is 2.77 bits per heavy atom. The van der Waals surface area contributed by atoms with Crippen LogP contribution < -0.4 is 4.74 Å². The van der Waals surface area contributed by atoms with Crippen molar-refractivity contribution in [2.75, 3.05) is 39.4 Å². The molecule has 0 aliphatic carbocycles. The first-order valence-electron chi connectivity index (χ1n) is 9.50. The normalized spacial score (nSPS) is 21.7. The molecule has 1 aromatic carbocycles. The average Bonchev–Trinajstić information content (AvgIpc) is 3.28. The number of rotatable bonds is 4. The molecule has 140 valence electrons. The minimum atomic E-state index is 0.0373. The maximum Gasteiger partial charge on any atom is 0.270 e. The van der Waals surface area contributed by atoms with Gasteiger partial charge in [-0.2, -0.15) is 0 Å². The predicted molar refractivity (Wildman–Crippen MR) is 101 cm³/mol. The molecular weight excluding hydrogens is 330 g/mol. The molecule has 0 unspecified atom stereocenters. The third-order valence-electron chi connectivity index (χ3n) is 5.33. The number of benzene rings is 1. The molecule has 0 saturated carbocycles. The van der Waals surface area contributed by atoms with Crippen molar-refractivity contribution in [2.24, 2.45) is 0 Å². The lowest BCUT2D eigenvalue weighted by atomic mass is 10.2. The standard InChI is InChI=1S/C20H27N3O3/c1-14(2)23-6-5-17(13-23)26-16-3-4-18-15(11-16)12-19(21-18)20(24)22-7-9-25-10-8-22/h3-4,11-12,14,17,21H,5-10,13H2,1-2H3/t17-/m1/s1. The van der Waals surface area contributed by atoms with Crippen molar-refractivity contribution in [3.8, 4) is 5.75 Å². The van der Waals surface area contributed by atoms with E-state index in [0.717, 1.165) is 36.2 Å². The number of amides is 1. The fourth-order valence-electron chi connectivity index (χ4n) is 3.75. The maximum atomic E-state index is 12.6. The maximum absolute atomic E-state index is 12.6. The fraction of sp³-hybridized carbons (Fsp3) is 0.550. The topological polar surface area (TPSA) is 57.8 Å². The molecule has 2 aliphatic heterocycles. The summed E-state index contributed by atoms with van der Waals surface area (Å²) >= 11 is 0. The molecule has 0 bridgehead atoms. The summed E-state index contributed by atoms with van der Waals surface area (Å²) in [5, 5.41) is 1.01. The fourth-order valence-corrected chi connectivity index (χ4v) is 3.75. The van der Waals surface area contributed by atoms with Crippen LogP contribution in [0.5, 0.6) is 5.75 Å². The number of nitrogens with one attached hydrogen (secondary N) is 1. The van der Waals surface area contributed by atoms with Gasteiger partial charge in [0.05, 0.1) is 13.2 Å². The van der Waals surface area contributed by atoms with Crippen molar-refractivity contribution in [1.82, 2.24) is 14.8 Å². The molecule has 0 radical (unpaired) electrons. The summed E-state index contributed by atoms with van der Waals surface area (Å²) in [4.78, 5) is 20.2. The Bertz CT molecular complexity index is 780. The number of aromatic nitrogens is 1. The Labute approximate surface area is 154 Å². The van der Waals surface area contributed by atoms with E-state index >= 15 is 0 Å². The minimum Gasteiger partial charge on any atom is -0.489 e. The number of carbonyl (C=O) groups excluding carboxylic acids is 1. The van der Waals surface area contributed by atoms with E-state index in [1.54, 1.807) is 0 Å². The van der Waals surface area contributed by atoms with Crippen LogP contribution in [0.2, 0.25) is 0 Å². The van der Waals surface area contributed by atoms with Gasteiger partial charge in [0.2, 0.25) is 0 Å². The van der Waals surface area contributed by atoms with Crippen LogP contribution >= 0.6 is 0 Å². The monoisotopic (exact) mass is 357 g/mol. The van der Waals surface area contributed by atoms with E-state index in [4.69, 9.17) is 9.47 Å². The second kappa shape index (κ2) is 7.29. The van der Waals surface area contributed by atoms with Gasteiger partial charge in [0.25, 0.3) is 5.91 Å². The van der Waals surface area contributed by atoms with E-state index in [9.17, 15) is 4.79 Å². The van der Waals surface area contributed by atoms with Gasteiger partial charge < -0.3 is 19.4 Å². The zero-order chi connectivity index (χ0) is 18.1. The van der Waals surface area contributed by atoms with Crippen LogP contribution in [0.25, 0.3) is 10.9 Å². The van der Waals surface area contributed by atoms with Crippen molar-refractivity contribution in [3.05, 3.63) is 30.0 Å². The highest BCUT2D eigenvalue weighted by atomic mass is 16.5. The molecule has 3 heterocycles. The Balaban J connectivity index is 1.46. The molecule has 2 saturated heterocycles. The summed E-state index contributed by atoms with van der Waals surface area (Å²) in [6.45, 7) is 9.03. The first kappa shape index (κ1) is 17.4. The van der Waals surface area contributed by atoms with E-state index in [1.807, 2.05) is 29.2 Å². The van der Waals surface area contributed by atoms with Crippen LogP contribution in [0.1, 0.15) is 30.8 Å². The molecule has 1 amide bonds. The molecule has 1 aromatic heterocycles. The van der Waals surface area contributed by atoms with Gasteiger partial charge in [-0.1, -0.05) is 0 Å². The van der Waals surface area contributed by atoms with E-state index < -0.39 is 0 Å². The number of hydrogen-bond acceptors (Lipinski definition) is 4. The summed E-state index contributed by atoms with van der Waals surface area (Å²) in [5.41, 5.74) is 1.59. The van der Waals surface area contributed by atoms with Crippen molar-refractivity contribution < 1.29 is 14.3 Å². The van der Waals surface area contributed by atoms with E-state index in [2.05, 4.69) is 23.7 Å². The third-order valence-corrected chi connectivity index (χ3v) is 5.33. The summed E-state index contributed by atoms with van der Waals surface area (Å²) in [5.74, 6) is 0.910. The number of hydrogen-bond donors (Lipinski definition) is 1. The first-order chi connectivity index (χ1) is 12.6. The summed E-state index contributed by atoms with van der Waals surface area (Å²) in [6, 6.07) is 8.50. The number of nitrogens with zero attached hydrogens (tertiary/aromatic N) is 2. The number of ether oxygens (including phenoxy) is 2. The molecule has 2 aliphatic rings. The lowest BCUT2D eigenvalue weighted by molar-refractivity contribution is 0.0299. The van der Waals surface area contributed by atoms with Crippen LogP contribution in [0.3, 0.4) is 0 Å². The predicted octanol–water partition coefficient (Wildman–Crippen LogP) is 2.50. The van der Waals surface area contributed by atoms with Crippen molar-refractivity contribution >= 4 is 16.8 Å². The largest absolute Gasteiger partial charge is 0.489 e. The van der Waals surface area contributed by atoms with Gasteiger partial charge in [-0.3, -0.25) is 9.69 Å². The van der Waals surface area contributed by atoms with Crippen LogP contribution in [0, 0.1) is 0 Å². The van der Waals surface area contributed by atoms with Crippen molar-refractivity contribution in [2.45, 2.75) is 32.4 Å². The smallest absolute Gasteiger partial charge is 0.270 e. The molecule has 2 fully saturated rings. The van der Waals surface area contributed by atoms with Gasteiger partial charge in [0.15, 0.2) is 0 Å². The number of aromatic amines is 1. The molecule has 6 heteroatoms. The van der Waals surface area contributed by atoms with E-state index in [-0.39, 0.29) is 12.0 Å². The average molecular weight is 357 g/mol. The van der Waals surface area contributed by atoms with Gasteiger partial charge in [0.1, 0.15) is 17.5 Å². The Morgan fingerprint density at radius 2 is 2.04 bits per heavy atom. The van der Waals surface area contributed by atoms with Gasteiger partial charge in [0, 0.05) is 43.1 Å². The lowest BCUT2D eigenvalue weighted by Crippen LogP contribution is -2.40. The van der Waals surface area contributed by atoms with Gasteiger partial charge in [-0.25, -0.2) is 0 Å². The van der Waals surface area contributed by atoms with Gasteiger partial charge >= 0.3 is 0 Å². The third kappa shape index (κ3) is 3.57. The second-order valence-electron chi connectivity index (χ2n) is 7.45. The molecule has 4 rings (SSSR count). The minimum absolute atomic E-state index is 0.0373. The SMILES string of the molecule is CC(C)N1CC[C@@H](Oc2ccc3[nH]c(C(=O)N4CCOCC4)cc3c2)C1. The Kier molecular flexibility index (Phi) is 4.87. The molecule has 1 atom stereocenters. The first-order valence-corrected chi connectivity index (χ1v) is 9.50. The summed E-state index contributed by atoms with van der Waals surface area (Å²) < 4.78 is 11.5. The van der Waals surface area contributed by atoms with E-state index in [1.165, 1.54) is 0 Å². The zero-order valence-corrected chi connectivity index (χ0v) is 15.5. The van der Waals surface area contributed by atoms with Gasteiger partial charge in [-0.15, -0.1) is 0 Å². The van der Waals surface area contributed by atoms with Crippen LogP contribution in [-0.4, -0.2) is 72.2 Å². The van der Waals surface area contributed by atoms with Gasteiger partial charge in [-0.05, 0) is 44.5 Å². The zero-order valence-electron chi connectivity index (χ0n) is 15.5. The van der Waals surface area contributed by atoms with Crippen molar-refractivity contribution in [3.63, 3.8) is 0 Å². The highest BCUT2D eigenvalue weighted by Gasteiger charge is 2.26. The lowest BCUT2D eigenvalue weighted by Gasteiger charge is -2.26. The molecule has 6 nitrogen and oxygen atoms in total. The van der Waals surface area contributed by atoms with E-state index in [0.29, 0.717) is 38.0 Å². The molecule has 2 aromatic rings. The van der Waals surface area contributed by atoms with Crippen LogP contribution in [0.4, 0.5) is 0 Å². The Hall–Kier alpha value is -2.05. The Morgan fingerprint density at radius 1 is 1.23 bits per heavy atom. The number of likely N-dealkylation sites (tertiary alicyclic amines) is 1. The number of fused-ring (bicyclic) bond motifs is 1. The number of H-pyrrole nitrogens is 1. The van der Waals surface area contributed by atoms with Crippen LogP contribution in [0.15, 0.2) is 24.3 Å². The molecule has 0 spiro atoms. The highest BCUT2D eigenvalue weighted by Crippen LogP contribution is 2.25. The molecule has 1 N–H and O–H groups in total. The molecular formula is C20H27N3O3. The van der Waals surface area contributed by atoms with Crippen molar-refractivity contribution in [1.29, 1.82) is 0 Å². The summed E-state index contributed by atoms with van der Waals surface area (Å²) in [6.07, 6.45) is 1.30. The number of morpholine rings is 1.